The van der Waals surface area contributed by atoms with E-state index < -0.39 is 0 Å². The van der Waals surface area contributed by atoms with Gasteiger partial charge in [0.15, 0.2) is 0 Å². The summed E-state index contributed by atoms with van der Waals surface area (Å²) in [6.45, 7) is 12.9. The van der Waals surface area contributed by atoms with Crippen LogP contribution in [0.2, 0.25) is 0 Å². The van der Waals surface area contributed by atoms with Crippen molar-refractivity contribution in [2.24, 2.45) is 0 Å². The molecule has 0 heterocycles. The molecule has 4 aromatic carbocycles. The maximum atomic E-state index is 2.38. The highest BCUT2D eigenvalue weighted by molar-refractivity contribution is 5.85. The van der Waals surface area contributed by atoms with Gasteiger partial charge in [-0.05, 0) is 72.5 Å². The fraction of sp³-hybridized carbons (Fsp3) is 0.226. The van der Waals surface area contributed by atoms with Crippen LogP contribution in [0.5, 0.6) is 0 Å². The maximum Gasteiger partial charge on any atom is 0.0465 e. The van der Waals surface area contributed by atoms with E-state index in [0.717, 1.165) is 0 Å². The molecule has 0 N–H and O–H groups in total. The Labute approximate surface area is 193 Å². The average Bonchev–Trinajstić information content (AvgIpc) is 3.05. The van der Waals surface area contributed by atoms with Gasteiger partial charge in [-0.2, -0.15) is 0 Å². The van der Waals surface area contributed by atoms with Crippen molar-refractivity contribution < 1.29 is 0 Å². The Bertz CT molecular complexity index is 1170. The molecule has 0 unspecified atom stereocenters. The van der Waals surface area contributed by atoms with Gasteiger partial charge in [-0.3, -0.25) is 0 Å². The lowest BCUT2D eigenvalue weighted by Crippen LogP contribution is -2.16. The van der Waals surface area contributed by atoms with Gasteiger partial charge in [-0.1, -0.05) is 93.4 Å². The molecule has 5 rings (SSSR count). The normalized spacial score (nSPS) is 12.9. The average molecular weight is 420 g/mol. The molecule has 0 aromatic heterocycles. The second-order valence-corrected chi connectivity index (χ2v) is 8.91. The minimum atomic E-state index is -0.00579. The van der Waals surface area contributed by atoms with E-state index in [-0.39, 0.29) is 5.41 Å². The molecule has 0 bridgehead atoms. The molecule has 0 fully saturated rings. The zero-order valence-corrected chi connectivity index (χ0v) is 20.1. The Kier molecular flexibility index (Phi) is 5.93. The summed E-state index contributed by atoms with van der Waals surface area (Å²) in [5, 5.41) is 0. The minimum Gasteiger partial charge on any atom is -0.310 e. The smallest absolute Gasteiger partial charge is 0.0465 e. The Balaban J connectivity index is 0.00000119. The molecule has 0 aliphatic heterocycles. The molecule has 1 heteroatoms. The lowest BCUT2D eigenvalue weighted by atomic mass is 9.82. The first-order valence-electron chi connectivity index (χ1n) is 11.6. The van der Waals surface area contributed by atoms with Crippen molar-refractivity contribution in [2.75, 3.05) is 4.90 Å². The van der Waals surface area contributed by atoms with Crippen LogP contribution in [-0.2, 0) is 5.41 Å². The van der Waals surface area contributed by atoms with Crippen LogP contribution in [0.1, 0.15) is 49.9 Å². The van der Waals surface area contributed by atoms with Crippen LogP contribution >= 0.6 is 0 Å². The van der Waals surface area contributed by atoms with E-state index >= 15 is 0 Å². The van der Waals surface area contributed by atoms with Crippen LogP contribution in [0.3, 0.4) is 0 Å². The van der Waals surface area contributed by atoms with Crippen LogP contribution in [0.15, 0.2) is 91.0 Å². The summed E-state index contributed by atoms with van der Waals surface area (Å²) < 4.78 is 0. The SMILES string of the molecule is CC.Cc1ccc(N(c2ccc(C)cc2)c2ccc3c(c2)C(C)(C)c2ccccc2-3)cc1. The lowest BCUT2D eigenvalue weighted by molar-refractivity contribution is 0.660. The van der Waals surface area contributed by atoms with Crippen molar-refractivity contribution in [3.63, 3.8) is 0 Å². The first-order chi connectivity index (χ1) is 15.4. The molecule has 0 saturated heterocycles. The van der Waals surface area contributed by atoms with Gasteiger partial charge in [-0.25, -0.2) is 0 Å². The van der Waals surface area contributed by atoms with Crippen molar-refractivity contribution in [1.29, 1.82) is 0 Å². The number of nitrogens with zero attached hydrogens (tertiary/aromatic N) is 1. The van der Waals surface area contributed by atoms with Crippen LogP contribution in [-0.4, -0.2) is 0 Å². The molecule has 0 atom stereocenters. The molecular formula is C31H33N. The highest BCUT2D eigenvalue weighted by Gasteiger charge is 2.35. The van der Waals surface area contributed by atoms with Crippen molar-refractivity contribution in [2.45, 2.75) is 47.0 Å². The summed E-state index contributed by atoms with van der Waals surface area (Å²) in [4.78, 5) is 2.36. The molecule has 0 spiro atoms. The monoisotopic (exact) mass is 419 g/mol. The van der Waals surface area contributed by atoms with E-state index in [1.807, 2.05) is 13.8 Å². The third kappa shape index (κ3) is 3.73. The maximum absolute atomic E-state index is 2.38. The number of hydrogen-bond donors (Lipinski definition) is 0. The van der Waals surface area contributed by atoms with Gasteiger partial charge >= 0.3 is 0 Å². The second kappa shape index (κ2) is 8.67. The highest BCUT2D eigenvalue weighted by Crippen LogP contribution is 2.50. The second-order valence-electron chi connectivity index (χ2n) is 8.91. The van der Waals surface area contributed by atoms with Crippen LogP contribution < -0.4 is 4.90 Å². The standard InChI is InChI=1S/C29H27N.C2H6/c1-20-9-13-22(14-10-20)30(23-15-11-21(2)12-16-23)24-17-18-26-25-7-5-6-8-27(25)29(3,4)28(26)19-24;1-2/h5-19H,1-4H3;1-2H3. The molecule has 1 aliphatic rings. The van der Waals surface area contributed by atoms with Crippen LogP contribution in [0.4, 0.5) is 17.1 Å². The third-order valence-electron chi connectivity index (χ3n) is 6.41. The van der Waals surface area contributed by atoms with E-state index in [1.54, 1.807) is 0 Å². The first-order valence-corrected chi connectivity index (χ1v) is 11.6. The van der Waals surface area contributed by atoms with Crippen LogP contribution in [0.25, 0.3) is 11.1 Å². The Morgan fingerprint density at radius 1 is 0.531 bits per heavy atom. The summed E-state index contributed by atoms with van der Waals surface area (Å²) in [6, 6.07) is 33.3. The lowest BCUT2D eigenvalue weighted by Gasteiger charge is -2.28. The fourth-order valence-corrected chi connectivity index (χ4v) is 4.67. The summed E-state index contributed by atoms with van der Waals surface area (Å²) >= 11 is 0. The predicted octanol–water partition coefficient (Wildman–Crippen LogP) is 9.11. The van der Waals surface area contributed by atoms with Crippen molar-refractivity contribution >= 4 is 17.1 Å². The molecular weight excluding hydrogens is 386 g/mol. The largest absolute Gasteiger partial charge is 0.310 e. The summed E-state index contributed by atoms with van der Waals surface area (Å²) in [6.07, 6.45) is 0. The predicted molar refractivity (Wildman–Crippen MR) is 140 cm³/mol. The van der Waals surface area contributed by atoms with Crippen molar-refractivity contribution in [1.82, 2.24) is 0 Å². The van der Waals surface area contributed by atoms with Gasteiger partial charge in [0.05, 0.1) is 0 Å². The topological polar surface area (TPSA) is 3.24 Å². The number of aryl methyl sites for hydroxylation is 2. The van der Waals surface area contributed by atoms with E-state index in [1.165, 1.54) is 50.4 Å². The number of hydrogen-bond acceptors (Lipinski definition) is 1. The van der Waals surface area contributed by atoms with Gasteiger partial charge in [0, 0.05) is 22.5 Å². The quantitative estimate of drug-likeness (QED) is 0.320. The van der Waals surface area contributed by atoms with Crippen LogP contribution in [0, 0.1) is 13.8 Å². The van der Waals surface area contributed by atoms with E-state index in [2.05, 4.69) is 124 Å². The summed E-state index contributed by atoms with van der Waals surface area (Å²) in [5.74, 6) is 0. The molecule has 0 saturated carbocycles. The Hall–Kier alpha value is -3.32. The Morgan fingerprint density at radius 3 is 1.56 bits per heavy atom. The van der Waals surface area contributed by atoms with Gasteiger partial charge in [-0.15, -0.1) is 0 Å². The van der Waals surface area contributed by atoms with Crippen molar-refractivity contribution in [3.05, 3.63) is 113 Å². The zero-order chi connectivity index (χ0) is 22.9. The number of rotatable bonds is 3. The van der Waals surface area contributed by atoms with E-state index in [9.17, 15) is 0 Å². The van der Waals surface area contributed by atoms with Gasteiger partial charge < -0.3 is 4.90 Å². The molecule has 32 heavy (non-hydrogen) atoms. The molecule has 1 aliphatic carbocycles. The highest BCUT2D eigenvalue weighted by atomic mass is 15.1. The van der Waals surface area contributed by atoms with E-state index in [0.29, 0.717) is 0 Å². The minimum absolute atomic E-state index is 0.00579. The van der Waals surface area contributed by atoms with Gasteiger partial charge in [0.1, 0.15) is 0 Å². The molecule has 0 amide bonds. The van der Waals surface area contributed by atoms with Gasteiger partial charge in [0.2, 0.25) is 0 Å². The number of benzene rings is 4. The number of fused-ring (bicyclic) bond motifs is 3. The molecule has 4 aromatic rings. The van der Waals surface area contributed by atoms with Crippen molar-refractivity contribution in [3.8, 4) is 11.1 Å². The molecule has 162 valence electrons. The Morgan fingerprint density at radius 2 is 1.00 bits per heavy atom. The summed E-state index contributed by atoms with van der Waals surface area (Å²) in [7, 11) is 0. The van der Waals surface area contributed by atoms with E-state index in [4.69, 9.17) is 0 Å². The van der Waals surface area contributed by atoms with Gasteiger partial charge in [0.25, 0.3) is 0 Å². The number of anilines is 3. The molecule has 0 radical (unpaired) electrons. The first kappa shape index (κ1) is 21.9. The molecule has 1 nitrogen and oxygen atoms in total. The zero-order valence-electron chi connectivity index (χ0n) is 20.1. The summed E-state index contributed by atoms with van der Waals surface area (Å²) in [5.41, 5.74) is 11.6. The fourth-order valence-electron chi connectivity index (χ4n) is 4.67. The third-order valence-corrected chi connectivity index (χ3v) is 6.41.